The van der Waals surface area contributed by atoms with Gasteiger partial charge in [-0.2, -0.15) is 0 Å². The SMILES string of the molecule is Fc1cccc2c1COC21CCNC1. The second-order valence-electron chi connectivity index (χ2n) is 3.98. The van der Waals surface area contributed by atoms with Crippen molar-refractivity contribution in [3.05, 3.63) is 35.1 Å². The molecule has 1 aromatic carbocycles. The maximum absolute atomic E-state index is 13.4. The predicted molar refractivity (Wildman–Crippen MR) is 50.4 cm³/mol. The second kappa shape index (κ2) is 2.78. The van der Waals surface area contributed by atoms with Crippen LogP contribution in [0.2, 0.25) is 0 Å². The number of ether oxygens (including phenoxy) is 1. The first kappa shape index (κ1) is 8.38. The molecule has 14 heavy (non-hydrogen) atoms. The van der Waals surface area contributed by atoms with Crippen LogP contribution in [0.1, 0.15) is 17.5 Å². The van der Waals surface area contributed by atoms with Crippen molar-refractivity contribution in [2.24, 2.45) is 0 Å². The van der Waals surface area contributed by atoms with E-state index in [9.17, 15) is 4.39 Å². The largest absolute Gasteiger partial charge is 0.364 e. The van der Waals surface area contributed by atoms with Gasteiger partial charge in [0.05, 0.1) is 6.61 Å². The molecule has 1 aromatic rings. The Morgan fingerprint density at radius 2 is 2.36 bits per heavy atom. The van der Waals surface area contributed by atoms with Crippen LogP contribution in [0.4, 0.5) is 4.39 Å². The lowest BCUT2D eigenvalue weighted by molar-refractivity contribution is -0.0222. The standard InChI is InChI=1S/C11H12FNO/c12-10-3-1-2-9-8(10)6-14-11(9)4-5-13-7-11/h1-3,13H,4-7H2. The molecule has 0 bridgehead atoms. The van der Waals surface area contributed by atoms with Gasteiger partial charge in [0.1, 0.15) is 11.4 Å². The van der Waals surface area contributed by atoms with Crippen LogP contribution in [0.3, 0.4) is 0 Å². The van der Waals surface area contributed by atoms with Crippen LogP contribution in [0.25, 0.3) is 0 Å². The Hall–Kier alpha value is -0.930. The maximum atomic E-state index is 13.4. The third-order valence-electron chi connectivity index (χ3n) is 3.22. The fraction of sp³-hybridized carbons (Fsp3) is 0.455. The Morgan fingerprint density at radius 3 is 3.14 bits per heavy atom. The monoisotopic (exact) mass is 193 g/mol. The number of hydrogen-bond donors (Lipinski definition) is 1. The summed E-state index contributed by atoms with van der Waals surface area (Å²) in [4.78, 5) is 0. The summed E-state index contributed by atoms with van der Waals surface area (Å²) in [7, 11) is 0. The third-order valence-corrected chi connectivity index (χ3v) is 3.22. The predicted octanol–water partition coefficient (Wildman–Crippen LogP) is 1.54. The molecule has 1 unspecified atom stereocenters. The molecular weight excluding hydrogens is 181 g/mol. The Balaban J connectivity index is 2.14. The molecule has 2 nitrogen and oxygen atoms in total. The summed E-state index contributed by atoms with van der Waals surface area (Å²) in [6.45, 7) is 2.18. The number of nitrogens with one attached hydrogen (secondary N) is 1. The highest BCUT2D eigenvalue weighted by molar-refractivity contribution is 5.37. The molecule has 1 spiro atoms. The lowest BCUT2D eigenvalue weighted by Gasteiger charge is -2.22. The van der Waals surface area contributed by atoms with E-state index in [0.29, 0.717) is 6.61 Å². The van der Waals surface area contributed by atoms with Crippen molar-refractivity contribution in [1.82, 2.24) is 5.32 Å². The Morgan fingerprint density at radius 1 is 1.43 bits per heavy atom. The zero-order valence-corrected chi connectivity index (χ0v) is 7.85. The van der Waals surface area contributed by atoms with Gasteiger partial charge in [0.2, 0.25) is 0 Å². The van der Waals surface area contributed by atoms with E-state index in [1.54, 1.807) is 6.07 Å². The van der Waals surface area contributed by atoms with Crippen molar-refractivity contribution < 1.29 is 9.13 Å². The van der Waals surface area contributed by atoms with Gasteiger partial charge < -0.3 is 10.1 Å². The van der Waals surface area contributed by atoms with Crippen LogP contribution in [0, 0.1) is 5.82 Å². The molecule has 0 aromatic heterocycles. The van der Waals surface area contributed by atoms with Crippen LogP contribution >= 0.6 is 0 Å². The van der Waals surface area contributed by atoms with E-state index in [4.69, 9.17) is 4.74 Å². The summed E-state index contributed by atoms with van der Waals surface area (Å²) in [6.07, 6.45) is 0.948. The van der Waals surface area contributed by atoms with Gasteiger partial charge in [-0.3, -0.25) is 0 Å². The first-order valence-electron chi connectivity index (χ1n) is 4.94. The molecule has 74 valence electrons. The van der Waals surface area contributed by atoms with Crippen molar-refractivity contribution in [3.63, 3.8) is 0 Å². The summed E-state index contributed by atoms with van der Waals surface area (Å²) >= 11 is 0. The molecule has 1 atom stereocenters. The third kappa shape index (κ3) is 0.967. The molecule has 3 rings (SSSR count). The molecule has 1 saturated heterocycles. The first-order valence-corrected chi connectivity index (χ1v) is 4.94. The van der Waals surface area contributed by atoms with Crippen LogP contribution in [0.15, 0.2) is 18.2 Å². The summed E-state index contributed by atoms with van der Waals surface area (Å²) < 4.78 is 19.2. The van der Waals surface area contributed by atoms with Gasteiger partial charge in [-0.1, -0.05) is 12.1 Å². The van der Waals surface area contributed by atoms with Gasteiger partial charge in [-0.15, -0.1) is 0 Å². The van der Waals surface area contributed by atoms with Gasteiger partial charge in [0.15, 0.2) is 0 Å². The van der Waals surface area contributed by atoms with Crippen molar-refractivity contribution in [3.8, 4) is 0 Å². The van der Waals surface area contributed by atoms with Gasteiger partial charge in [0, 0.05) is 12.1 Å². The quantitative estimate of drug-likeness (QED) is 0.675. The maximum Gasteiger partial charge on any atom is 0.129 e. The summed E-state index contributed by atoms with van der Waals surface area (Å²) in [5, 5.41) is 3.27. The van der Waals surface area contributed by atoms with E-state index in [1.165, 1.54) is 6.07 Å². The number of rotatable bonds is 0. The van der Waals surface area contributed by atoms with E-state index in [0.717, 1.165) is 30.6 Å². The fourth-order valence-electron chi connectivity index (χ4n) is 2.44. The summed E-state index contributed by atoms with van der Waals surface area (Å²) in [5.74, 6) is -0.133. The van der Waals surface area contributed by atoms with E-state index in [2.05, 4.69) is 5.32 Å². The van der Waals surface area contributed by atoms with Gasteiger partial charge in [-0.05, 0) is 24.6 Å². The fourth-order valence-corrected chi connectivity index (χ4v) is 2.44. The molecule has 0 radical (unpaired) electrons. The summed E-state index contributed by atoms with van der Waals surface area (Å²) in [6, 6.07) is 5.25. The molecule has 2 aliphatic rings. The van der Waals surface area contributed by atoms with Crippen molar-refractivity contribution >= 4 is 0 Å². The Labute approximate surface area is 82.1 Å². The van der Waals surface area contributed by atoms with Gasteiger partial charge >= 0.3 is 0 Å². The Kier molecular flexibility index (Phi) is 1.66. The van der Waals surface area contributed by atoms with Crippen LogP contribution in [0.5, 0.6) is 0 Å². The van der Waals surface area contributed by atoms with Crippen LogP contribution in [-0.2, 0) is 16.9 Å². The molecule has 2 aliphatic heterocycles. The van der Waals surface area contributed by atoms with Crippen LogP contribution in [-0.4, -0.2) is 13.1 Å². The van der Waals surface area contributed by atoms with E-state index in [-0.39, 0.29) is 11.4 Å². The van der Waals surface area contributed by atoms with Gasteiger partial charge in [0.25, 0.3) is 0 Å². The average Bonchev–Trinajstić information content (AvgIpc) is 2.78. The van der Waals surface area contributed by atoms with E-state index in [1.807, 2.05) is 6.07 Å². The molecule has 1 fully saturated rings. The average molecular weight is 193 g/mol. The van der Waals surface area contributed by atoms with Gasteiger partial charge in [-0.25, -0.2) is 4.39 Å². The minimum Gasteiger partial charge on any atom is -0.364 e. The number of benzene rings is 1. The number of halogens is 1. The zero-order chi connectivity index (χ0) is 9.60. The molecule has 0 amide bonds. The number of fused-ring (bicyclic) bond motifs is 2. The molecule has 2 heterocycles. The lowest BCUT2D eigenvalue weighted by atomic mass is 9.91. The van der Waals surface area contributed by atoms with Crippen molar-refractivity contribution in [2.75, 3.05) is 13.1 Å². The second-order valence-corrected chi connectivity index (χ2v) is 3.98. The minimum atomic E-state index is -0.239. The highest BCUT2D eigenvalue weighted by Gasteiger charge is 2.43. The van der Waals surface area contributed by atoms with Crippen molar-refractivity contribution in [1.29, 1.82) is 0 Å². The number of hydrogen-bond acceptors (Lipinski definition) is 2. The molecule has 0 aliphatic carbocycles. The summed E-state index contributed by atoms with van der Waals surface area (Å²) in [5.41, 5.74) is 1.55. The van der Waals surface area contributed by atoms with Crippen molar-refractivity contribution in [2.45, 2.75) is 18.6 Å². The van der Waals surface area contributed by atoms with Crippen LogP contribution < -0.4 is 5.32 Å². The molecule has 1 N–H and O–H groups in total. The highest BCUT2D eigenvalue weighted by Crippen LogP contribution is 2.41. The highest BCUT2D eigenvalue weighted by atomic mass is 19.1. The van der Waals surface area contributed by atoms with E-state index >= 15 is 0 Å². The topological polar surface area (TPSA) is 21.3 Å². The lowest BCUT2D eigenvalue weighted by Crippen LogP contribution is -2.27. The first-order chi connectivity index (χ1) is 6.82. The molecule has 3 heteroatoms. The Bertz CT molecular complexity index is 372. The smallest absolute Gasteiger partial charge is 0.129 e. The normalized spacial score (nSPS) is 29.8. The zero-order valence-electron chi connectivity index (χ0n) is 7.85. The molecule has 0 saturated carbocycles. The van der Waals surface area contributed by atoms with E-state index < -0.39 is 0 Å². The molecular formula is C11H12FNO. The minimum absolute atomic E-state index is 0.133.